The molecular weight excluding hydrogens is 220 g/mol. The molecule has 0 atom stereocenters. The third kappa shape index (κ3) is 2.29. The smallest absolute Gasteiger partial charge is 0.0417 e. The van der Waals surface area contributed by atoms with E-state index >= 15 is 0 Å². The monoisotopic (exact) mass is 238 g/mol. The third-order valence-electron chi connectivity index (χ3n) is 3.72. The summed E-state index contributed by atoms with van der Waals surface area (Å²) in [6, 6.07) is 13.0. The Bertz CT molecular complexity index is 548. The van der Waals surface area contributed by atoms with Gasteiger partial charge in [0.05, 0.1) is 0 Å². The maximum Gasteiger partial charge on any atom is 0.0417 e. The number of aromatic nitrogens is 1. The fourth-order valence-electron chi connectivity index (χ4n) is 2.61. The van der Waals surface area contributed by atoms with Gasteiger partial charge in [-0.15, -0.1) is 0 Å². The van der Waals surface area contributed by atoms with Gasteiger partial charge in [0.15, 0.2) is 0 Å². The van der Waals surface area contributed by atoms with Gasteiger partial charge in [0.1, 0.15) is 0 Å². The summed E-state index contributed by atoms with van der Waals surface area (Å²) in [6.45, 7) is 5.30. The molecule has 0 amide bonds. The van der Waals surface area contributed by atoms with Crippen LogP contribution in [0, 0.1) is 6.92 Å². The van der Waals surface area contributed by atoms with Gasteiger partial charge in [0.25, 0.3) is 0 Å². The first kappa shape index (κ1) is 11.4. The van der Waals surface area contributed by atoms with Crippen LogP contribution in [0.25, 0.3) is 0 Å². The van der Waals surface area contributed by atoms with Gasteiger partial charge in [-0.2, -0.15) is 0 Å². The summed E-state index contributed by atoms with van der Waals surface area (Å²) in [5, 5.41) is 0. The molecular formula is C16H18N2. The van der Waals surface area contributed by atoms with E-state index in [0.717, 1.165) is 31.7 Å². The van der Waals surface area contributed by atoms with Crippen LogP contribution in [0.4, 0.5) is 0 Å². The second-order valence-electron chi connectivity index (χ2n) is 4.98. The summed E-state index contributed by atoms with van der Waals surface area (Å²) < 4.78 is 0. The van der Waals surface area contributed by atoms with E-state index in [4.69, 9.17) is 0 Å². The second kappa shape index (κ2) is 4.91. The van der Waals surface area contributed by atoms with Crippen molar-refractivity contribution in [2.24, 2.45) is 0 Å². The highest BCUT2D eigenvalue weighted by Crippen LogP contribution is 2.20. The summed E-state index contributed by atoms with van der Waals surface area (Å²) >= 11 is 0. The number of aryl methyl sites for hydroxylation is 1. The predicted octanol–water partition coefficient (Wildman–Crippen LogP) is 2.95. The zero-order valence-electron chi connectivity index (χ0n) is 10.8. The van der Waals surface area contributed by atoms with Crippen LogP contribution in [0.3, 0.4) is 0 Å². The van der Waals surface area contributed by atoms with Gasteiger partial charge in [0.2, 0.25) is 0 Å². The Morgan fingerprint density at radius 2 is 1.94 bits per heavy atom. The van der Waals surface area contributed by atoms with Crippen LogP contribution in [-0.4, -0.2) is 16.4 Å². The van der Waals surface area contributed by atoms with Gasteiger partial charge in [-0.25, -0.2) is 0 Å². The molecule has 3 rings (SSSR count). The topological polar surface area (TPSA) is 16.1 Å². The first-order valence-corrected chi connectivity index (χ1v) is 6.52. The lowest BCUT2D eigenvalue weighted by Crippen LogP contribution is -2.30. The van der Waals surface area contributed by atoms with Crippen LogP contribution >= 0.6 is 0 Å². The van der Waals surface area contributed by atoms with Crippen LogP contribution in [0.1, 0.15) is 22.4 Å². The Morgan fingerprint density at radius 1 is 1.11 bits per heavy atom. The van der Waals surface area contributed by atoms with Crippen molar-refractivity contribution in [3.05, 3.63) is 65.0 Å². The summed E-state index contributed by atoms with van der Waals surface area (Å²) in [5.41, 5.74) is 5.48. The van der Waals surface area contributed by atoms with Gasteiger partial charge < -0.3 is 0 Å². The molecule has 92 valence electrons. The van der Waals surface area contributed by atoms with Gasteiger partial charge in [-0.3, -0.25) is 9.88 Å². The number of hydrogen-bond donors (Lipinski definition) is 0. The van der Waals surface area contributed by atoms with Crippen molar-refractivity contribution in [2.75, 3.05) is 6.54 Å². The van der Waals surface area contributed by atoms with E-state index in [1.54, 1.807) is 0 Å². The Kier molecular flexibility index (Phi) is 3.11. The summed E-state index contributed by atoms with van der Waals surface area (Å²) in [5.74, 6) is 0. The Morgan fingerprint density at radius 3 is 2.78 bits per heavy atom. The first-order chi connectivity index (χ1) is 8.83. The van der Waals surface area contributed by atoms with Crippen molar-refractivity contribution < 1.29 is 0 Å². The lowest BCUT2D eigenvalue weighted by atomic mass is 9.99. The normalized spacial score (nSPS) is 15.4. The zero-order valence-corrected chi connectivity index (χ0v) is 10.8. The quantitative estimate of drug-likeness (QED) is 0.799. The zero-order chi connectivity index (χ0) is 12.4. The van der Waals surface area contributed by atoms with Crippen LogP contribution < -0.4 is 0 Å². The van der Waals surface area contributed by atoms with Crippen LogP contribution in [0.2, 0.25) is 0 Å². The van der Waals surface area contributed by atoms with Crippen molar-refractivity contribution in [3.8, 4) is 0 Å². The molecule has 0 spiro atoms. The van der Waals surface area contributed by atoms with E-state index in [0.29, 0.717) is 0 Å². The number of rotatable bonds is 2. The highest BCUT2D eigenvalue weighted by molar-refractivity contribution is 5.29. The SMILES string of the molecule is Cc1ncccc1CN1CCc2ccccc2C1. The second-order valence-corrected chi connectivity index (χ2v) is 4.98. The average Bonchev–Trinajstić information content (AvgIpc) is 2.41. The number of pyridine rings is 1. The highest BCUT2D eigenvalue weighted by atomic mass is 15.1. The summed E-state index contributed by atoms with van der Waals surface area (Å²) in [4.78, 5) is 6.87. The molecule has 0 N–H and O–H groups in total. The molecule has 1 aliphatic rings. The van der Waals surface area contributed by atoms with Gasteiger partial charge >= 0.3 is 0 Å². The molecule has 0 bridgehead atoms. The maximum absolute atomic E-state index is 4.36. The van der Waals surface area contributed by atoms with Gasteiger partial charge in [-0.1, -0.05) is 30.3 Å². The highest BCUT2D eigenvalue weighted by Gasteiger charge is 2.16. The molecule has 1 aromatic heterocycles. The molecule has 0 saturated heterocycles. The van der Waals surface area contributed by atoms with Crippen molar-refractivity contribution >= 4 is 0 Å². The minimum absolute atomic E-state index is 1.01. The van der Waals surface area contributed by atoms with Crippen molar-refractivity contribution in [1.82, 2.24) is 9.88 Å². The van der Waals surface area contributed by atoms with Gasteiger partial charge in [-0.05, 0) is 36.1 Å². The maximum atomic E-state index is 4.36. The fraction of sp³-hybridized carbons (Fsp3) is 0.312. The molecule has 2 heterocycles. The molecule has 1 aromatic carbocycles. The van der Waals surface area contributed by atoms with Crippen LogP contribution in [-0.2, 0) is 19.5 Å². The molecule has 2 heteroatoms. The van der Waals surface area contributed by atoms with E-state index in [2.05, 4.69) is 47.1 Å². The van der Waals surface area contributed by atoms with Crippen molar-refractivity contribution in [1.29, 1.82) is 0 Å². The lowest BCUT2D eigenvalue weighted by molar-refractivity contribution is 0.245. The molecule has 18 heavy (non-hydrogen) atoms. The largest absolute Gasteiger partial charge is 0.294 e. The first-order valence-electron chi connectivity index (χ1n) is 6.52. The Balaban J connectivity index is 1.75. The number of nitrogens with zero attached hydrogens (tertiary/aromatic N) is 2. The molecule has 2 nitrogen and oxygen atoms in total. The van der Waals surface area contributed by atoms with E-state index in [9.17, 15) is 0 Å². The van der Waals surface area contributed by atoms with Crippen LogP contribution in [0.15, 0.2) is 42.6 Å². The average molecular weight is 238 g/mol. The lowest BCUT2D eigenvalue weighted by Gasteiger charge is -2.29. The number of benzene rings is 1. The molecule has 0 saturated carbocycles. The molecule has 1 aliphatic heterocycles. The van der Waals surface area contributed by atoms with E-state index in [-0.39, 0.29) is 0 Å². The standard InChI is InChI=1S/C16H18N2/c1-13-15(7-4-9-17-13)11-18-10-8-14-5-2-3-6-16(14)12-18/h2-7,9H,8,10-12H2,1H3. The minimum atomic E-state index is 1.01. The predicted molar refractivity (Wildman–Crippen MR) is 73.2 cm³/mol. The van der Waals surface area contributed by atoms with E-state index in [1.807, 2.05) is 12.3 Å². The van der Waals surface area contributed by atoms with Crippen molar-refractivity contribution in [3.63, 3.8) is 0 Å². The van der Waals surface area contributed by atoms with Crippen LogP contribution in [0.5, 0.6) is 0 Å². The molecule has 0 fully saturated rings. The third-order valence-corrected chi connectivity index (χ3v) is 3.72. The molecule has 0 radical (unpaired) electrons. The molecule has 0 aliphatic carbocycles. The van der Waals surface area contributed by atoms with E-state index < -0.39 is 0 Å². The minimum Gasteiger partial charge on any atom is -0.294 e. The van der Waals surface area contributed by atoms with Gasteiger partial charge in [0, 0.05) is 31.5 Å². The number of fused-ring (bicyclic) bond motifs is 1. The molecule has 0 unspecified atom stereocenters. The summed E-state index contributed by atoms with van der Waals surface area (Å²) in [7, 11) is 0. The Labute approximate surface area is 108 Å². The van der Waals surface area contributed by atoms with E-state index in [1.165, 1.54) is 16.7 Å². The summed E-state index contributed by atoms with van der Waals surface area (Å²) in [6.07, 6.45) is 3.03. The Hall–Kier alpha value is -1.67. The number of hydrogen-bond acceptors (Lipinski definition) is 2. The van der Waals surface area contributed by atoms with Crippen molar-refractivity contribution in [2.45, 2.75) is 26.4 Å². The molecule has 2 aromatic rings. The fourth-order valence-corrected chi connectivity index (χ4v) is 2.61.